The van der Waals surface area contributed by atoms with Crippen LogP contribution in [0.2, 0.25) is 0 Å². The van der Waals surface area contributed by atoms with Gasteiger partial charge >= 0.3 is 12.1 Å². The number of carboxylic acids is 1. The summed E-state index contributed by atoms with van der Waals surface area (Å²) < 4.78 is 51.7. The van der Waals surface area contributed by atoms with Crippen molar-refractivity contribution in [2.45, 2.75) is 31.7 Å². The number of alkyl halides is 3. The maximum absolute atomic E-state index is 13.0. The number of carbonyl (C=O) groups is 1. The molecule has 0 aromatic heterocycles. The molecule has 1 aliphatic rings. The lowest BCUT2D eigenvalue weighted by Gasteiger charge is -2.34. The molecule has 0 bridgehead atoms. The molecule has 1 heterocycles. The van der Waals surface area contributed by atoms with Gasteiger partial charge in [-0.25, -0.2) is 4.39 Å². The Balaban J connectivity index is 1.90. The molecule has 3 rings (SSSR count). The molecule has 1 N–H and O–H groups in total. The van der Waals surface area contributed by atoms with Crippen molar-refractivity contribution < 1.29 is 27.5 Å². The zero-order valence-corrected chi connectivity index (χ0v) is 13.1. The van der Waals surface area contributed by atoms with Crippen LogP contribution < -0.4 is 0 Å². The number of halogens is 4. The van der Waals surface area contributed by atoms with Gasteiger partial charge in [0.25, 0.3) is 0 Å². The topological polar surface area (TPSA) is 40.5 Å². The number of aliphatic carboxylic acids is 1. The van der Waals surface area contributed by atoms with Crippen LogP contribution in [0.1, 0.15) is 22.3 Å². The van der Waals surface area contributed by atoms with Gasteiger partial charge in [0, 0.05) is 13.1 Å². The summed E-state index contributed by atoms with van der Waals surface area (Å²) in [5.74, 6) is -1.44. The normalized spacial score (nSPS) is 18.0. The van der Waals surface area contributed by atoms with E-state index in [1.54, 1.807) is 4.90 Å². The van der Waals surface area contributed by atoms with Gasteiger partial charge in [0.1, 0.15) is 11.9 Å². The maximum Gasteiger partial charge on any atom is 0.416 e. The van der Waals surface area contributed by atoms with Crippen LogP contribution >= 0.6 is 0 Å². The first-order valence-corrected chi connectivity index (χ1v) is 7.64. The highest BCUT2D eigenvalue weighted by Gasteiger charge is 2.35. The molecular formula is C18H15F4NO2. The lowest BCUT2D eigenvalue weighted by Crippen LogP contribution is -2.45. The molecule has 132 valence electrons. The second kappa shape index (κ2) is 6.48. The van der Waals surface area contributed by atoms with E-state index in [-0.39, 0.29) is 19.5 Å². The molecule has 7 heteroatoms. The molecule has 0 aliphatic carbocycles. The van der Waals surface area contributed by atoms with Crippen LogP contribution in [0.15, 0.2) is 42.5 Å². The van der Waals surface area contributed by atoms with Gasteiger partial charge in [-0.1, -0.05) is 18.2 Å². The molecule has 0 saturated carbocycles. The third-order valence-corrected chi connectivity index (χ3v) is 4.35. The Labute approximate surface area is 141 Å². The summed E-state index contributed by atoms with van der Waals surface area (Å²) in [6.07, 6.45) is -4.32. The Morgan fingerprint density at radius 1 is 1.12 bits per heavy atom. The van der Waals surface area contributed by atoms with Crippen molar-refractivity contribution in [1.82, 2.24) is 4.90 Å². The Morgan fingerprint density at radius 3 is 2.40 bits per heavy atom. The Bertz CT molecular complexity index is 787. The second-order valence-electron chi connectivity index (χ2n) is 6.07. The summed E-state index contributed by atoms with van der Waals surface area (Å²) in [6, 6.07) is 8.18. The van der Waals surface area contributed by atoms with Crippen molar-refractivity contribution in [2.24, 2.45) is 0 Å². The number of nitrogens with zero attached hydrogens (tertiary/aromatic N) is 1. The molecule has 0 radical (unpaired) electrons. The monoisotopic (exact) mass is 353 g/mol. The van der Waals surface area contributed by atoms with Crippen LogP contribution in [0.5, 0.6) is 0 Å². The number of fused-ring (bicyclic) bond motifs is 1. The number of hydrogen-bond donors (Lipinski definition) is 1. The van der Waals surface area contributed by atoms with Gasteiger partial charge in [-0.15, -0.1) is 0 Å². The molecule has 0 saturated heterocycles. The number of carboxylic acid groups (broad SMARTS) is 1. The molecule has 0 amide bonds. The summed E-state index contributed by atoms with van der Waals surface area (Å²) in [5, 5.41) is 9.46. The number of rotatable bonds is 3. The van der Waals surface area contributed by atoms with E-state index in [2.05, 4.69) is 0 Å². The van der Waals surface area contributed by atoms with E-state index in [0.29, 0.717) is 16.7 Å². The fourth-order valence-electron chi connectivity index (χ4n) is 3.05. The third-order valence-electron chi connectivity index (χ3n) is 4.35. The van der Waals surface area contributed by atoms with Crippen molar-refractivity contribution >= 4 is 5.97 Å². The van der Waals surface area contributed by atoms with Crippen LogP contribution in [-0.2, 0) is 30.5 Å². The van der Waals surface area contributed by atoms with E-state index >= 15 is 0 Å². The standard InChI is InChI=1S/C18H15F4NO2/c19-15-5-1-11(2-6-15)9-23-10-13-7-14(18(20,21)22)4-3-12(13)8-16(23)17(24)25/h1-7,16H,8-10H2,(H,24,25). The van der Waals surface area contributed by atoms with E-state index in [9.17, 15) is 27.5 Å². The maximum atomic E-state index is 13.0. The zero-order valence-electron chi connectivity index (χ0n) is 13.1. The van der Waals surface area contributed by atoms with Crippen molar-refractivity contribution in [3.8, 4) is 0 Å². The predicted octanol–water partition coefficient (Wildman–Crippen LogP) is 3.86. The summed E-state index contributed by atoms with van der Waals surface area (Å²) in [5.41, 5.74) is 1.02. The van der Waals surface area contributed by atoms with Crippen LogP contribution in [0.3, 0.4) is 0 Å². The molecule has 1 atom stereocenters. The van der Waals surface area contributed by atoms with Crippen LogP contribution in [0.4, 0.5) is 17.6 Å². The summed E-state index contributed by atoms with van der Waals surface area (Å²) in [4.78, 5) is 13.2. The van der Waals surface area contributed by atoms with E-state index in [0.717, 1.165) is 12.1 Å². The van der Waals surface area contributed by atoms with Gasteiger partial charge < -0.3 is 5.11 Å². The number of benzene rings is 2. The quantitative estimate of drug-likeness (QED) is 0.852. The Hall–Kier alpha value is -2.41. The molecule has 1 aliphatic heterocycles. The van der Waals surface area contributed by atoms with Gasteiger partial charge in [0.05, 0.1) is 5.56 Å². The lowest BCUT2D eigenvalue weighted by molar-refractivity contribution is -0.144. The summed E-state index contributed by atoms with van der Waals surface area (Å²) in [7, 11) is 0. The zero-order chi connectivity index (χ0) is 18.2. The summed E-state index contributed by atoms with van der Waals surface area (Å²) >= 11 is 0. The molecular weight excluding hydrogens is 338 g/mol. The summed E-state index contributed by atoms with van der Waals surface area (Å²) in [6.45, 7) is 0.306. The predicted molar refractivity (Wildman–Crippen MR) is 82.2 cm³/mol. The molecule has 25 heavy (non-hydrogen) atoms. The first-order valence-electron chi connectivity index (χ1n) is 7.64. The molecule has 2 aromatic carbocycles. The highest BCUT2D eigenvalue weighted by Crippen LogP contribution is 2.33. The van der Waals surface area contributed by atoms with E-state index in [4.69, 9.17) is 0 Å². The Morgan fingerprint density at radius 2 is 1.80 bits per heavy atom. The van der Waals surface area contributed by atoms with Crippen molar-refractivity contribution in [2.75, 3.05) is 0 Å². The fraction of sp³-hybridized carbons (Fsp3) is 0.278. The molecule has 2 aromatic rings. The number of hydrogen-bond acceptors (Lipinski definition) is 2. The van der Waals surface area contributed by atoms with Crippen LogP contribution in [-0.4, -0.2) is 22.0 Å². The first kappa shape index (κ1) is 17.4. The van der Waals surface area contributed by atoms with E-state index in [1.165, 1.54) is 30.3 Å². The molecule has 3 nitrogen and oxygen atoms in total. The average molecular weight is 353 g/mol. The van der Waals surface area contributed by atoms with Crippen LogP contribution in [0, 0.1) is 5.82 Å². The van der Waals surface area contributed by atoms with Crippen LogP contribution in [0.25, 0.3) is 0 Å². The minimum atomic E-state index is -4.44. The van der Waals surface area contributed by atoms with Gasteiger partial charge in [0.15, 0.2) is 0 Å². The lowest BCUT2D eigenvalue weighted by atomic mass is 9.92. The average Bonchev–Trinajstić information content (AvgIpc) is 2.54. The van der Waals surface area contributed by atoms with E-state index in [1.807, 2.05) is 0 Å². The SMILES string of the molecule is O=C(O)C1Cc2ccc(C(F)(F)F)cc2CN1Cc1ccc(F)cc1. The third kappa shape index (κ3) is 3.82. The smallest absolute Gasteiger partial charge is 0.416 e. The van der Waals surface area contributed by atoms with Gasteiger partial charge in [-0.05, 0) is 47.4 Å². The molecule has 0 fully saturated rings. The first-order chi connectivity index (χ1) is 11.7. The highest BCUT2D eigenvalue weighted by atomic mass is 19.4. The van der Waals surface area contributed by atoms with Gasteiger partial charge in [0.2, 0.25) is 0 Å². The largest absolute Gasteiger partial charge is 0.480 e. The van der Waals surface area contributed by atoms with Gasteiger partial charge in [-0.3, -0.25) is 9.69 Å². The van der Waals surface area contributed by atoms with Gasteiger partial charge in [-0.2, -0.15) is 13.2 Å². The van der Waals surface area contributed by atoms with Crippen molar-refractivity contribution in [3.05, 3.63) is 70.5 Å². The van der Waals surface area contributed by atoms with Crippen molar-refractivity contribution in [1.29, 1.82) is 0 Å². The van der Waals surface area contributed by atoms with Crippen molar-refractivity contribution in [3.63, 3.8) is 0 Å². The minimum Gasteiger partial charge on any atom is -0.480 e. The highest BCUT2D eigenvalue weighted by molar-refractivity contribution is 5.74. The molecule has 0 spiro atoms. The second-order valence-corrected chi connectivity index (χ2v) is 6.07. The minimum absolute atomic E-state index is 0.0909. The van der Waals surface area contributed by atoms with E-state index < -0.39 is 29.6 Å². The Kier molecular flexibility index (Phi) is 4.51. The fourth-order valence-corrected chi connectivity index (χ4v) is 3.05. The molecule has 1 unspecified atom stereocenters.